The Balaban J connectivity index is 1.88. The van der Waals surface area contributed by atoms with Crippen molar-refractivity contribution >= 4 is 0 Å². The fraction of sp³-hybridized carbons (Fsp3) is 1.00. The minimum Gasteiger partial charge on any atom is -0.370 e. The van der Waals surface area contributed by atoms with Crippen LogP contribution in [0.15, 0.2) is 0 Å². The fourth-order valence-corrected chi connectivity index (χ4v) is 2.04. The van der Waals surface area contributed by atoms with Crippen molar-refractivity contribution in [3.8, 4) is 0 Å². The van der Waals surface area contributed by atoms with Gasteiger partial charge in [-0.05, 0) is 31.1 Å². The van der Waals surface area contributed by atoms with E-state index in [1.165, 1.54) is 19.3 Å². The summed E-state index contributed by atoms with van der Waals surface area (Å²) in [6.07, 6.45) is 5.41. The zero-order chi connectivity index (χ0) is 7.14. The summed E-state index contributed by atoms with van der Waals surface area (Å²) in [6.45, 7) is 4.65. The molecule has 0 radical (unpaired) electrons. The minimum atomic E-state index is 0.668. The van der Waals surface area contributed by atoms with Crippen LogP contribution < -0.4 is 0 Å². The lowest BCUT2D eigenvalue weighted by Gasteiger charge is -2.22. The molecular weight excluding hydrogens is 124 g/mol. The van der Waals surface area contributed by atoms with Gasteiger partial charge in [0.05, 0.1) is 12.2 Å². The molecular formula is C9H16O. The van der Waals surface area contributed by atoms with Gasteiger partial charge in [-0.15, -0.1) is 0 Å². The fourth-order valence-electron chi connectivity index (χ4n) is 2.04. The molecule has 0 aromatic carbocycles. The Hall–Kier alpha value is -0.0400. The first-order chi connectivity index (χ1) is 4.77. The molecule has 1 saturated carbocycles. The van der Waals surface area contributed by atoms with Crippen molar-refractivity contribution in [2.75, 3.05) is 0 Å². The molecule has 2 fully saturated rings. The van der Waals surface area contributed by atoms with Crippen molar-refractivity contribution in [2.24, 2.45) is 11.8 Å². The van der Waals surface area contributed by atoms with Gasteiger partial charge in [-0.2, -0.15) is 0 Å². The van der Waals surface area contributed by atoms with Crippen LogP contribution in [-0.4, -0.2) is 12.2 Å². The molecule has 2 aliphatic rings. The maximum Gasteiger partial charge on any atom is 0.0844 e. The summed E-state index contributed by atoms with van der Waals surface area (Å²) in [7, 11) is 0. The Morgan fingerprint density at radius 2 is 2.00 bits per heavy atom. The maximum atomic E-state index is 5.46. The van der Waals surface area contributed by atoms with Crippen LogP contribution in [0.2, 0.25) is 0 Å². The van der Waals surface area contributed by atoms with Crippen molar-refractivity contribution in [1.29, 1.82) is 0 Å². The second-order valence-corrected chi connectivity index (χ2v) is 4.03. The lowest BCUT2D eigenvalue weighted by atomic mass is 9.82. The van der Waals surface area contributed by atoms with Crippen molar-refractivity contribution in [3.05, 3.63) is 0 Å². The Kier molecular flexibility index (Phi) is 1.48. The molecule has 0 aromatic heterocycles. The predicted octanol–water partition coefficient (Wildman–Crippen LogP) is 2.21. The van der Waals surface area contributed by atoms with E-state index < -0.39 is 0 Å². The highest BCUT2D eigenvalue weighted by Gasteiger charge is 2.44. The molecule has 58 valence electrons. The van der Waals surface area contributed by atoms with E-state index in [1.54, 1.807) is 0 Å². The van der Waals surface area contributed by atoms with Gasteiger partial charge >= 0.3 is 0 Å². The van der Waals surface area contributed by atoms with Gasteiger partial charge in [0.1, 0.15) is 0 Å². The number of rotatable bonds is 1. The highest BCUT2D eigenvalue weighted by atomic mass is 16.6. The average molecular weight is 140 g/mol. The number of fused-ring (bicyclic) bond motifs is 1. The van der Waals surface area contributed by atoms with Crippen LogP contribution in [0.4, 0.5) is 0 Å². The molecule has 0 bridgehead atoms. The third-order valence-electron chi connectivity index (χ3n) is 2.99. The Labute approximate surface area is 62.8 Å². The monoisotopic (exact) mass is 140 g/mol. The van der Waals surface area contributed by atoms with Gasteiger partial charge in [0.2, 0.25) is 0 Å². The highest BCUT2D eigenvalue weighted by molar-refractivity contribution is 4.92. The maximum absolute atomic E-state index is 5.46. The SMILES string of the molecule is CC(C)[C@@H]1CC[C@@H]2O[C@@H]2C1. The van der Waals surface area contributed by atoms with Crippen LogP contribution >= 0.6 is 0 Å². The Bertz CT molecular complexity index is 131. The van der Waals surface area contributed by atoms with Crippen LogP contribution in [0.5, 0.6) is 0 Å². The summed E-state index contributed by atoms with van der Waals surface area (Å²) < 4.78 is 5.46. The minimum absolute atomic E-state index is 0.668. The quantitative estimate of drug-likeness (QED) is 0.509. The van der Waals surface area contributed by atoms with Crippen LogP contribution in [0, 0.1) is 11.8 Å². The molecule has 1 nitrogen and oxygen atoms in total. The first kappa shape index (κ1) is 6.66. The van der Waals surface area contributed by atoms with Gasteiger partial charge in [0.15, 0.2) is 0 Å². The van der Waals surface area contributed by atoms with E-state index in [-0.39, 0.29) is 0 Å². The lowest BCUT2D eigenvalue weighted by Crippen LogP contribution is -2.17. The molecule has 0 N–H and O–H groups in total. The highest BCUT2D eigenvalue weighted by Crippen LogP contribution is 2.41. The molecule has 0 aromatic rings. The summed E-state index contributed by atoms with van der Waals surface area (Å²) in [5, 5.41) is 0. The number of hydrogen-bond donors (Lipinski definition) is 0. The first-order valence-electron chi connectivity index (χ1n) is 4.43. The van der Waals surface area contributed by atoms with Crippen molar-refractivity contribution in [1.82, 2.24) is 0 Å². The zero-order valence-electron chi connectivity index (χ0n) is 6.84. The summed E-state index contributed by atoms with van der Waals surface area (Å²) in [6, 6.07) is 0. The molecule has 1 saturated heterocycles. The van der Waals surface area contributed by atoms with Gasteiger partial charge in [0.25, 0.3) is 0 Å². The van der Waals surface area contributed by atoms with Gasteiger partial charge in [-0.1, -0.05) is 13.8 Å². The van der Waals surface area contributed by atoms with Gasteiger partial charge < -0.3 is 4.74 Å². The molecule has 0 amide bonds. The summed E-state index contributed by atoms with van der Waals surface area (Å²) in [5.41, 5.74) is 0. The molecule has 2 rings (SSSR count). The van der Waals surface area contributed by atoms with Crippen LogP contribution in [0.3, 0.4) is 0 Å². The van der Waals surface area contributed by atoms with Crippen LogP contribution in [-0.2, 0) is 4.74 Å². The summed E-state index contributed by atoms with van der Waals surface area (Å²) in [4.78, 5) is 0. The van der Waals surface area contributed by atoms with E-state index in [2.05, 4.69) is 13.8 Å². The van der Waals surface area contributed by atoms with Crippen molar-refractivity contribution in [3.63, 3.8) is 0 Å². The summed E-state index contributed by atoms with van der Waals surface area (Å²) in [5.74, 6) is 1.81. The topological polar surface area (TPSA) is 12.5 Å². The van der Waals surface area contributed by atoms with Crippen molar-refractivity contribution < 1.29 is 4.74 Å². The first-order valence-corrected chi connectivity index (χ1v) is 4.43. The molecule has 0 unspecified atom stereocenters. The standard InChI is InChI=1S/C9H16O/c1-6(2)7-3-4-8-9(5-7)10-8/h6-9H,3-5H2,1-2H3/t7-,8+,9-/m1/s1. The van der Waals surface area contributed by atoms with Gasteiger partial charge in [-0.3, -0.25) is 0 Å². The number of epoxide rings is 1. The smallest absolute Gasteiger partial charge is 0.0844 e. The molecule has 1 heteroatoms. The second kappa shape index (κ2) is 2.23. The van der Waals surface area contributed by atoms with E-state index in [0.29, 0.717) is 12.2 Å². The summed E-state index contributed by atoms with van der Waals surface area (Å²) >= 11 is 0. The van der Waals surface area contributed by atoms with Crippen molar-refractivity contribution in [2.45, 2.75) is 45.3 Å². The van der Waals surface area contributed by atoms with E-state index in [0.717, 1.165) is 11.8 Å². The predicted molar refractivity (Wildman–Crippen MR) is 40.8 cm³/mol. The molecule has 0 spiro atoms. The molecule has 1 aliphatic carbocycles. The van der Waals surface area contributed by atoms with E-state index >= 15 is 0 Å². The molecule has 1 aliphatic heterocycles. The van der Waals surface area contributed by atoms with Gasteiger partial charge in [-0.25, -0.2) is 0 Å². The van der Waals surface area contributed by atoms with E-state index in [9.17, 15) is 0 Å². The van der Waals surface area contributed by atoms with E-state index in [1.807, 2.05) is 0 Å². The zero-order valence-corrected chi connectivity index (χ0v) is 6.84. The third-order valence-corrected chi connectivity index (χ3v) is 2.99. The van der Waals surface area contributed by atoms with E-state index in [4.69, 9.17) is 4.74 Å². The largest absolute Gasteiger partial charge is 0.370 e. The van der Waals surface area contributed by atoms with Crippen LogP contribution in [0.1, 0.15) is 33.1 Å². The number of ether oxygens (including phenoxy) is 1. The Morgan fingerprint density at radius 1 is 1.20 bits per heavy atom. The normalized spacial score (nSPS) is 45.3. The molecule has 1 heterocycles. The molecule has 10 heavy (non-hydrogen) atoms. The lowest BCUT2D eigenvalue weighted by molar-refractivity contribution is 0.297. The Morgan fingerprint density at radius 3 is 2.60 bits per heavy atom. The van der Waals surface area contributed by atoms with Gasteiger partial charge in [0, 0.05) is 0 Å². The molecule has 3 atom stereocenters. The third kappa shape index (κ3) is 1.07. The second-order valence-electron chi connectivity index (χ2n) is 4.03. The number of hydrogen-bond acceptors (Lipinski definition) is 1. The van der Waals surface area contributed by atoms with Crippen LogP contribution in [0.25, 0.3) is 0 Å². The average Bonchev–Trinajstić information content (AvgIpc) is 2.63.